The molecule has 0 amide bonds. The van der Waals surface area contributed by atoms with Gasteiger partial charge in [-0.05, 0) is 24.4 Å². The van der Waals surface area contributed by atoms with E-state index in [0.717, 1.165) is 0 Å². The van der Waals surface area contributed by atoms with Gasteiger partial charge < -0.3 is 0 Å². The van der Waals surface area contributed by atoms with Crippen molar-refractivity contribution in [2.24, 2.45) is 0 Å². The molecule has 0 bridgehead atoms. The van der Waals surface area contributed by atoms with Gasteiger partial charge in [0.15, 0.2) is 0 Å². The molecular weight excluding hydrogens is 120 g/mol. The Kier molecular flexibility index (Phi) is 83.2. The van der Waals surface area contributed by atoms with E-state index >= 15 is 0 Å². The van der Waals surface area contributed by atoms with Gasteiger partial charge in [-0.3, -0.25) is 0 Å². The predicted molar refractivity (Wildman–Crippen MR) is 37.3 cm³/mol. The highest BCUT2D eigenvalue weighted by Crippen LogP contribution is 1.29. The minimum absolute atomic E-state index is 0. The maximum Gasteiger partial charge on any atom is 0.0297 e. The molecule has 0 aliphatic heterocycles. The average molecular weight is 126 g/mol. The van der Waals surface area contributed by atoms with Gasteiger partial charge in [-0.15, -0.1) is 0 Å². The monoisotopic (exact) mass is 126 g/mol. The van der Waals surface area contributed by atoms with E-state index in [0.29, 0.717) is 0 Å². The lowest BCUT2D eigenvalue weighted by Gasteiger charge is -0.992. The molecule has 0 atom stereocenters. The van der Waals surface area contributed by atoms with Gasteiger partial charge in [-0.25, -0.2) is 0 Å². The summed E-state index contributed by atoms with van der Waals surface area (Å²) in [7, 11) is 0. The lowest BCUT2D eigenvalue weighted by Crippen LogP contribution is -0.917. The second-order valence-corrected chi connectivity index (χ2v) is 0.750. The number of hydrogen-bond donors (Lipinski definition) is 0. The Balaban J connectivity index is -0.0000000200. The van der Waals surface area contributed by atoms with Gasteiger partial charge in [0.2, 0.25) is 0 Å². The highest BCUT2D eigenvalue weighted by molar-refractivity contribution is 7.93. The zero-order valence-corrected chi connectivity index (χ0v) is 4.45. The Morgan fingerprint density at radius 1 is 1.20 bits per heavy atom. The van der Waals surface area contributed by atoms with Gasteiger partial charge in [-0.2, -0.15) is 13.5 Å². The van der Waals surface area contributed by atoms with Crippen LogP contribution in [0, 0.1) is 0 Å². The third-order valence-electron chi connectivity index (χ3n) is 0. The zero-order valence-electron chi connectivity index (χ0n) is 1.82. The van der Waals surface area contributed by atoms with Crippen LogP contribution in [0.4, 0.5) is 0 Å². The smallest absolute Gasteiger partial charge is 0.0297 e. The van der Waals surface area contributed by atoms with E-state index in [1.54, 1.807) is 0 Å². The van der Waals surface area contributed by atoms with E-state index in [-0.39, 0.29) is 20.9 Å². The zero-order chi connectivity index (χ0) is 2.71. The van der Waals surface area contributed by atoms with E-state index < -0.39 is 0 Å². The molecule has 0 aliphatic carbocycles. The summed E-state index contributed by atoms with van der Waals surface area (Å²) in [5, 5.41) is 0. The Hall–Kier alpha value is 0.570. The van der Waals surface area contributed by atoms with Gasteiger partial charge in [0, 0.05) is 4.31 Å². The Morgan fingerprint density at radius 2 is 1.20 bits per heavy atom. The Morgan fingerprint density at radius 3 is 1.20 bits per heavy atom. The maximum atomic E-state index is 3.96. The van der Waals surface area contributed by atoms with Crippen molar-refractivity contribution in [1.82, 2.24) is 0 Å². The highest BCUT2D eigenvalue weighted by atomic mass is 32.1. The topological polar surface area (TPSA) is 0 Å². The molecular formula is C2H6S3. The first kappa shape index (κ1) is 17.6. The minimum atomic E-state index is 0. The predicted octanol–water partition coefficient (Wildman–Crippen LogP) is 1.77. The lowest BCUT2D eigenvalue weighted by atomic mass is 12.0. The van der Waals surface area contributed by atoms with Crippen LogP contribution in [-0.2, 0) is 0 Å². The van der Waals surface area contributed by atoms with Gasteiger partial charge >= 0.3 is 0 Å². The molecule has 32 valence electrons. The summed E-state index contributed by atoms with van der Waals surface area (Å²) in [6.07, 6.45) is 0. The van der Waals surface area contributed by atoms with Crippen molar-refractivity contribution in [3.63, 3.8) is 0 Å². The highest BCUT2D eigenvalue weighted by Gasteiger charge is 1.01. The van der Waals surface area contributed by atoms with Crippen molar-refractivity contribution in [2.75, 3.05) is 0 Å². The molecule has 0 spiro atoms. The van der Waals surface area contributed by atoms with Crippen LogP contribution in [0.25, 0.3) is 0 Å². The van der Waals surface area contributed by atoms with E-state index in [2.05, 4.69) is 24.4 Å². The van der Waals surface area contributed by atoms with Crippen LogP contribution in [0.3, 0.4) is 0 Å². The molecule has 0 nitrogen and oxygen atoms in total. The summed E-state index contributed by atoms with van der Waals surface area (Å²) in [5.41, 5.74) is 0. The third kappa shape index (κ3) is 92.9. The van der Waals surface area contributed by atoms with Crippen molar-refractivity contribution in [3.8, 4) is 0 Å². The summed E-state index contributed by atoms with van der Waals surface area (Å²) in [6, 6.07) is 0. The second kappa shape index (κ2) is 23.6. The molecule has 0 saturated carbocycles. The summed E-state index contributed by atoms with van der Waals surface area (Å²) in [4.78, 5) is 0. The van der Waals surface area contributed by atoms with Gasteiger partial charge in [0.1, 0.15) is 0 Å². The normalized spacial score (nSPS) is 1.60. The van der Waals surface area contributed by atoms with Gasteiger partial charge in [0.25, 0.3) is 0 Å². The molecule has 0 radical (unpaired) electrons. The summed E-state index contributed by atoms with van der Waals surface area (Å²) < 4.78 is 1.92. The van der Waals surface area contributed by atoms with Gasteiger partial charge in [-0.1, -0.05) is 7.43 Å². The van der Waals surface area contributed by atoms with Crippen molar-refractivity contribution >= 4 is 42.2 Å². The van der Waals surface area contributed by atoms with Gasteiger partial charge in [0.05, 0.1) is 0 Å². The fourth-order valence-electron chi connectivity index (χ4n) is 0. The third-order valence-corrected chi connectivity index (χ3v) is 0. The van der Waals surface area contributed by atoms with E-state index in [4.69, 9.17) is 0 Å². The Bertz CT molecular complexity index is 25.9. The summed E-state index contributed by atoms with van der Waals surface area (Å²) >= 11 is 7.92. The van der Waals surface area contributed by atoms with Crippen molar-refractivity contribution in [1.29, 1.82) is 0 Å². The SMILES string of the molecule is C.S.S=C=S. The fraction of sp³-hybridized carbons (Fsp3) is 0.500. The minimum Gasteiger partial charge on any atom is -0.197 e. The standard InChI is InChI=1S/CS2.CH4.H2S/c2-1-3;;/h;1H4;1H2. The summed E-state index contributed by atoms with van der Waals surface area (Å²) in [6.45, 7) is 0. The molecule has 0 N–H and O–H groups in total. The number of thiocarbonyl (C=S) groups is 2. The molecule has 0 aromatic heterocycles. The summed E-state index contributed by atoms with van der Waals surface area (Å²) in [5.74, 6) is 0. The van der Waals surface area contributed by atoms with Crippen LogP contribution < -0.4 is 0 Å². The van der Waals surface area contributed by atoms with Crippen LogP contribution in [-0.4, -0.2) is 4.31 Å². The molecule has 0 fully saturated rings. The molecule has 0 saturated heterocycles. The average Bonchev–Trinajstić information content (AvgIpc) is 0.918. The van der Waals surface area contributed by atoms with Crippen LogP contribution in [0.5, 0.6) is 0 Å². The molecule has 0 aliphatic rings. The Labute approximate surface area is 50.0 Å². The number of rotatable bonds is 0. The molecule has 0 aromatic carbocycles. The first-order chi connectivity index (χ1) is 1.41. The van der Waals surface area contributed by atoms with Crippen LogP contribution in [0.15, 0.2) is 0 Å². The van der Waals surface area contributed by atoms with Crippen molar-refractivity contribution in [2.45, 2.75) is 7.43 Å². The molecule has 3 heteroatoms. The van der Waals surface area contributed by atoms with Crippen LogP contribution in [0.2, 0.25) is 0 Å². The van der Waals surface area contributed by atoms with Crippen molar-refractivity contribution in [3.05, 3.63) is 0 Å². The maximum absolute atomic E-state index is 3.96. The molecule has 0 rings (SSSR count). The fourth-order valence-corrected chi connectivity index (χ4v) is 0. The first-order valence-electron chi connectivity index (χ1n) is 0.408. The number of hydrogen-bond acceptors (Lipinski definition) is 2. The van der Waals surface area contributed by atoms with E-state index in [1.165, 1.54) is 0 Å². The molecule has 0 unspecified atom stereocenters. The second-order valence-electron chi connectivity index (χ2n) is 0.0833. The first-order valence-corrected chi connectivity index (χ1v) is 1.22. The molecule has 5 heavy (non-hydrogen) atoms. The largest absolute Gasteiger partial charge is 0.197 e. The van der Waals surface area contributed by atoms with Crippen LogP contribution >= 0.6 is 37.9 Å². The van der Waals surface area contributed by atoms with Crippen molar-refractivity contribution < 1.29 is 0 Å². The van der Waals surface area contributed by atoms with E-state index in [1.807, 2.05) is 4.31 Å². The molecule has 0 aromatic rings. The lowest BCUT2D eigenvalue weighted by molar-refractivity contribution is 2.50. The quantitative estimate of drug-likeness (QED) is 0.454. The van der Waals surface area contributed by atoms with E-state index in [9.17, 15) is 0 Å². The van der Waals surface area contributed by atoms with Crippen LogP contribution in [0.1, 0.15) is 7.43 Å². The molecule has 0 heterocycles.